The Morgan fingerprint density at radius 2 is 1.14 bits per heavy atom. The maximum Gasteiger partial charge on any atom is 0.119 e. The summed E-state index contributed by atoms with van der Waals surface area (Å²) in [4.78, 5) is 0. The molecule has 4 nitrogen and oxygen atoms in total. The first kappa shape index (κ1) is 16.3. The van der Waals surface area contributed by atoms with E-state index in [0.717, 1.165) is 22.6 Å². The highest BCUT2D eigenvalue weighted by Gasteiger charge is 2.28. The summed E-state index contributed by atoms with van der Waals surface area (Å²) in [6.45, 7) is 5.52. The van der Waals surface area contributed by atoms with E-state index in [0.29, 0.717) is 19.8 Å². The molecule has 0 aliphatic carbocycles. The number of ether oxygens (including phenoxy) is 2. The fourth-order valence-electron chi connectivity index (χ4n) is 2.43. The van der Waals surface area contributed by atoms with Crippen molar-refractivity contribution in [1.82, 2.24) is 0 Å². The molecule has 0 amide bonds. The zero-order valence-electron chi connectivity index (χ0n) is 13.2. The van der Waals surface area contributed by atoms with Crippen LogP contribution in [0.15, 0.2) is 48.5 Å². The van der Waals surface area contributed by atoms with Crippen LogP contribution in [0.4, 0.5) is 0 Å². The van der Waals surface area contributed by atoms with Crippen LogP contribution in [0.5, 0.6) is 11.5 Å². The van der Waals surface area contributed by atoms with Gasteiger partial charge in [0.1, 0.15) is 11.5 Å². The van der Waals surface area contributed by atoms with Crippen LogP contribution in [0.1, 0.15) is 25.0 Å². The molecule has 0 heterocycles. The second-order valence-corrected chi connectivity index (χ2v) is 5.09. The van der Waals surface area contributed by atoms with Gasteiger partial charge in [0.15, 0.2) is 0 Å². The van der Waals surface area contributed by atoms with Gasteiger partial charge in [0.2, 0.25) is 0 Å². The summed E-state index contributed by atoms with van der Waals surface area (Å²) in [7, 11) is 0. The lowest BCUT2D eigenvalue weighted by atomic mass is 9.84. The van der Waals surface area contributed by atoms with E-state index in [1.165, 1.54) is 0 Å². The minimum atomic E-state index is -0.727. The molecule has 0 spiro atoms. The third-order valence-electron chi connectivity index (χ3n) is 3.68. The van der Waals surface area contributed by atoms with Gasteiger partial charge in [0.05, 0.1) is 18.8 Å². The summed E-state index contributed by atoms with van der Waals surface area (Å²) in [5.74, 6) is 1.66. The van der Waals surface area contributed by atoms with E-state index in [2.05, 4.69) is 0 Å². The van der Waals surface area contributed by atoms with Gasteiger partial charge < -0.3 is 20.9 Å². The molecule has 0 atom stereocenters. The van der Waals surface area contributed by atoms with Crippen LogP contribution in [0.3, 0.4) is 0 Å². The molecule has 0 bridgehead atoms. The van der Waals surface area contributed by atoms with E-state index in [1.54, 1.807) is 0 Å². The van der Waals surface area contributed by atoms with E-state index < -0.39 is 5.54 Å². The first-order chi connectivity index (χ1) is 10.6. The molecule has 0 aliphatic rings. The molecule has 0 saturated heterocycles. The normalized spacial score (nSPS) is 11.3. The predicted octanol–water partition coefficient (Wildman–Crippen LogP) is 2.65. The average molecular weight is 300 g/mol. The lowest BCUT2D eigenvalue weighted by molar-refractivity contribution is 0.339. The lowest BCUT2D eigenvalue weighted by Crippen LogP contribution is -2.45. The molecule has 0 unspecified atom stereocenters. The zero-order chi connectivity index (χ0) is 16.0. The van der Waals surface area contributed by atoms with Crippen LogP contribution in [-0.4, -0.2) is 19.8 Å². The molecule has 0 aliphatic heterocycles. The molecule has 2 aromatic carbocycles. The van der Waals surface area contributed by atoms with Gasteiger partial charge in [-0.3, -0.25) is 0 Å². The van der Waals surface area contributed by atoms with Crippen molar-refractivity contribution in [2.24, 2.45) is 11.5 Å². The predicted molar refractivity (Wildman–Crippen MR) is 89.2 cm³/mol. The topological polar surface area (TPSA) is 70.5 Å². The first-order valence-corrected chi connectivity index (χ1v) is 7.59. The molecular formula is C18H24N2O2. The number of rotatable bonds is 7. The van der Waals surface area contributed by atoms with Crippen LogP contribution in [-0.2, 0) is 5.54 Å². The Balaban J connectivity index is 2.30. The van der Waals surface area contributed by atoms with Crippen molar-refractivity contribution in [2.75, 3.05) is 19.8 Å². The highest BCUT2D eigenvalue weighted by molar-refractivity contribution is 5.42. The van der Waals surface area contributed by atoms with Crippen LogP contribution >= 0.6 is 0 Å². The maximum atomic E-state index is 6.58. The first-order valence-electron chi connectivity index (χ1n) is 7.59. The third kappa shape index (κ3) is 3.40. The van der Waals surface area contributed by atoms with Crippen LogP contribution in [0.25, 0.3) is 0 Å². The quantitative estimate of drug-likeness (QED) is 0.824. The van der Waals surface area contributed by atoms with Gasteiger partial charge in [0.25, 0.3) is 0 Å². The molecule has 0 radical (unpaired) electrons. The van der Waals surface area contributed by atoms with Gasteiger partial charge in [0, 0.05) is 6.54 Å². The Hall–Kier alpha value is -2.04. The van der Waals surface area contributed by atoms with Crippen molar-refractivity contribution >= 4 is 0 Å². The van der Waals surface area contributed by atoms with Gasteiger partial charge in [-0.05, 0) is 49.2 Å². The molecule has 118 valence electrons. The zero-order valence-corrected chi connectivity index (χ0v) is 13.2. The fraction of sp³-hybridized carbons (Fsp3) is 0.333. The molecule has 4 N–H and O–H groups in total. The summed E-state index contributed by atoms with van der Waals surface area (Å²) in [5, 5.41) is 0. The number of benzene rings is 2. The average Bonchev–Trinajstić information content (AvgIpc) is 2.56. The van der Waals surface area contributed by atoms with Crippen LogP contribution in [0, 0.1) is 0 Å². The highest BCUT2D eigenvalue weighted by atomic mass is 16.5. The maximum absolute atomic E-state index is 6.58. The molecule has 0 fully saturated rings. The van der Waals surface area contributed by atoms with Crippen LogP contribution in [0.2, 0.25) is 0 Å². The van der Waals surface area contributed by atoms with Crippen molar-refractivity contribution in [3.05, 3.63) is 59.7 Å². The van der Waals surface area contributed by atoms with Crippen molar-refractivity contribution in [3.8, 4) is 11.5 Å². The number of hydrogen-bond acceptors (Lipinski definition) is 4. The Bertz CT molecular complexity index is 530. The molecule has 4 heteroatoms. The monoisotopic (exact) mass is 300 g/mol. The third-order valence-corrected chi connectivity index (χ3v) is 3.68. The Morgan fingerprint density at radius 3 is 1.41 bits per heavy atom. The minimum absolute atomic E-state index is 0.314. The standard InChI is InChI=1S/C18H24N2O2/c1-3-21-16-9-5-14(6-10-16)18(20,13-19)15-7-11-17(12-8-15)22-4-2/h5-12H,3-4,13,19-20H2,1-2H3. The molecule has 22 heavy (non-hydrogen) atoms. The molecule has 2 aromatic rings. The van der Waals surface area contributed by atoms with Gasteiger partial charge in [-0.25, -0.2) is 0 Å². The summed E-state index contributed by atoms with van der Waals surface area (Å²) in [6, 6.07) is 15.6. The summed E-state index contributed by atoms with van der Waals surface area (Å²) in [5.41, 5.74) is 13.8. The molecule has 0 saturated carbocycles. The largest absolute Gasteiger partial charge is 0.494 e. The van der Waals surface area contributed by atoms with E-state index in [9.17, 15) is 0 Å². The Morgan fingerprint density at radius 1 is 0.773 bits per heavy atom. The van der Waals surface area contributed by atoms with Crippen molar-refractivity contribution in [1.29, 1.82) is 0 Å². The molecular weight excluding hydrogens is 276 g/mol. The van der Waals surface area contributed by atoms with Crippen molar-refractivity contribution in [2.45, 2.75) is 19.4 Å². The summed E-state index contributed by atoms with van der Waals surface area (Å²) < 4.78 is 10.9. The summed E-state index contributed by atoms with van der Waals surface area (Å²) in [6.07, 6.45) is 0. The van der Waals surface area contributed by atoms with Gasteiger partial charge >= 0.3 is 0 Å². The van der Waals surface area contributed by atoms with E-state index in [4.69, 9.17) is 20.9 Å². The molecule has 2 rings (SSSR count). The smallest absolute Gasteiger partial charge is 0.119 e. The van der Waals surface area contributed by atoms with Crippen molar-refractivity contribution < 1.29 is 9.47 Å². The van der Waals surface area contributed by atoms with E-state index >= 15 is 0 Å². The van der Waals surface area contributed by atoms with Crippen molar-refractivity contribution in [3.63, 3.8) is 0 Å². The van der Waals surface area contributed by atoms with Gasteiger partial charge in [-0.2, -0.15) is 0 Å². The number of hydrogen-bond donors (Lipinski definition) is 2. The second-order valence-electron chi connectivity index (χ2n) is 5.09. The van der Waals surface area contributed by atoms with Gasteiger partial charge in [-0.1, -0.05) is 24.3 Å². The SMILES string of the molecule is CCOc1ccc(C(N)(CN)c2ccc(OCC)cc2)cc1. The highest BCUT2D eigenvalue weighted by Crippen LogP contribution is 2.29. The van der Waals surface area contributed by atoms with Gasteiger partial charge in [-0.15, -0.1) is 0 Å². The minimum Gasteiger partial charge on any atom is -0.494 e. The van der Waals surface area contributed by atoms with E-state index in [1.807, 2.05) is 62.4 Å². The Kier molecular flexibility index (Phi) is 5.41. The van der Waals surface area contributed by atoms with E-state index in [-0.39, 0.29) is 0 Å². The lowest BCUT2D eigenvalue weighted by Gasteiger charge is -2.29. The van der Waals surface area contributed by atoms with Crippen LogP contribution < -0.4 is 20.9 Å². The molecule has 0 aromatic heterocycles. The summed E-state index contributed by atoms with van der Waals surface area (Å²) >= 11 is 0. The number of nitrogens with two attached hydrogens (primary N) is 2. The fourth-order valence-corrected chi connectivity index (χ4v) is 2.43. The second kappa shape index (κ2) is 7.29. The Labute approximate surface area is 132 Å².